The van der Waals surface area contributed by atoms with Gasteiger partial charge in [0.15, 0.2) is 5.69 Å². The van der Waals surface area contributed by atoms with Gasteiger partial charge in [-0.2, -0.15) is 5.10 Å². The van der Waals surface area contributed by atoms with Crippen LogP contribution in [-0.4, -0.2) is 58.4 Å². The number of hydrogen-bond acceptors (Lipinski definition) is 4. The van der Waals surface area contributed by atoms with Crippen LogP contribution in [0.15, 0.2) is 0 Å². The molecule has 0 saturated carbocycles. The molecule has 1 unspecified atom stereocenters. The summed E-state index contributed by atoms with van der Waals surface area (Å²) >= 11 is 5.96. The number of aromatic nitrogens is 2. The number of likely N-dealkylation sites (tertiary alicyclic amines) is 1. The average molecular weight is 301 g/mol. The van der Waals surface area contributed by atoms with Crippen molar-refractivity contribution >= 4 is 17.5 Å². The van der Waals surface area contributed by atoms with Crippen molar-refractivity contribution in [3.05, 3.63) is 16.4 Å². The van der Waals surface area contributed by atoms with Gasteiger partial charge in [0.1, 0.15) is 0 Å². The first-order valence-electron chi connectivity index (χ1n) is 6.97. The van der Waals surface area contributed by atoms with E-state index in [1.165, 1.54) is 0 Å². The molecule has 7 heteroatoms. The molecule has 1 aromatic rings. The van der Waals surface area contributed by atoms with Crippen LogP contribution in [0.25, 0.3) is 0 Å². The van der Waals surface area contributed by atoms with Crippen molar-refractivity contribution in [1.29, 1.82) is 0 Å². The van der Waals surface area contributed by atoms with E-state index < -0.39 is 0 Å². The second-order valence-electron chi connectivity index (χ2n) is 5.22. The van der Waals surface area contributed by atoms with Gasteiger partial charge in [0, 0.05) is 13.1 Å². The summed E-state index contributed by atoms with van der Waals surface area (Å²) in [5.74, 6) is -0.252. The van der Waals surface area contributed by atoms with Crippen LogP contribution >= 0.6 is 11.6 Å². The van der Waals surface area contributed by atoms with E-state index in [0.717, 1.165) is 38.9 Å². The highest BCUT2D eigenvalue weighted by Crippen LogP contribution is 2.16. The number of carbonyl (C=O) groups is 1. The number of amides is 1. The number of nitrogens with one attached hydrogen (secondary N) is 2. The van der Waals surface area contributed by atoms with Gasteiger partial charge in [-0.15, -0.1) is 0 Å². The summed E-state index contributed by atoms with van der Waals surface area (Å²) in [7, 11) is 0. The zero-order valence-electron chi connectivity index (χ0n) is 11.7. The summed E-state index contributed by atoms with van der Waals surface area (Å²) in [6.07, 6.45) is 2.57. The van der Waals surface area contributed by atoms with Crippen molar-refractivity contribution < 1.29 is 9.90 Å². The molecule has 0 bridgehead atoms. The molecule has 1 aliphatic heterocycles. The largest absolute Gasteiger partial charge is 0.392 e. The highest BCUT2D eigenvalue weighted by molar-refractivity contribution is 6.34. The normalized spacial score (nSPS) is 20.1. The van der Waals surface area contributed by atoms with E-state index in [4.69, 9.17) is 11.6 Å². The van der Waals surface area contributed by atoms with Crippen LogP contribution in [0, 0.1) is 6.92 Å². The molecular weight excluding hydrogens is 280 g/mol. The molecule has 6 nitrogen and oxygen atoms in total. The van der Waals surface area contributed by atoms with E-state index in [-0.39, 0.29) is 17.7 Å². The smallest absolute Gasteiger partial charge is 0.273 e. The fourth-order valence-corrected chi connectivity index (χ4v) is 2.56. The Bertz CT molecular complexity index is 463. The molecule has 1 aliphatic rings. The van der Waals surface area contributed by atoms with Crippen LogP contribution in [0.1, 0.15) is 35.4 Å². The third kappa shape index (κ3) is 3.94. The number of nitrogens with zero attached hydrogens (tertiary/aromatic N) is 2. The third-order valence-electron chi connectivity index (χ3n) is 3.50. The summed E-state index contributed by atoms with van der Waals surface area (Å²) in [6.45, 7) is 4.99. The predicted octanol–water partition coefficient (Wildman–Crippen LogP) is 0.948. The van der Waals surface area contributed by atoms with E-state index in [0.29, 0.717) is 17.3 Å². The van der Waals surface area contributed by atoms with Gasteiger partial charge in [-0.25, -0.2) is 0 Å². The highest BCUT2D eigenvalue weighted by atomic mass is 35.5. The Kier molecular flexibility index (Phi) is 5.39. The molecular formula is C13H21ClN4O2. The van der Waals surface area contributed by atoms with Gasteiger partial charge >= 0.3 is 0 Å². The first kappa shape index (κ1) is 15.3. The Balaban J connectivity index is 1.68. The van der Waals surface area contributed by atoms with Crippen LogP contribution in [0.2, 0.25) is 5.02 Å². The molecule has 20 heavy (non-hydrogen) atoms. The quantitative estimate of drug-likeness (QED) is 0.707. The lowest BCUT2D eigenvalue weighted by Crippen LogP contribution is -2.39. The first-order chi connectivity index (χ1) is 9.58. The third-order valence-corrected chi connectivity index (χ3v) is 3.97. The Morgan fingerprint density at radius 2 is 2.45 bits per heavy atom. The molecule has 1 amide bonds. The number of halogens is 1. The Labute approximate surface area is 123 Å². The van der Waals surface area contributed by atoms with Crippen molar-refractivity contribution in [2.45, 2.75) is 32.3 Å². The first-order valence-corrected chi connectivity index (χ1v) is 7.35. The minimum absolute atomic E-state index is 0.204. The van der Waals surface area contributed by atoms with Crippen molar-refractivity contribution in [3.8, 4) is 0 Å². The van der Waals surface area contributed by atoms with E-state index in [1.54, 1.807) is 6.92 Å². The molecule has 112 valence electrons. The van der Waals surface area contributed by atoms with Crippen LogP contribution < -0.4 is 5.32 Å². The molecule has 1 atom stereocenters. The van der Waals surface area contributed by atoms with Gasteiger partial charge in [0.05, 0.1) is 16.8 Å². The minimum Gasteiger partial charge on any atom is -0.392 e. The number of aryl methyl sites for hydroxylation is 1. The highest BCUT2D eigenvalue weighted by Gasteiger charge is 2.18. The summed E-state index contributed by atoms with van der Waals surface area (Å²) in [6, 6.07) is 0. The molecule has 1 saturated heterocycles. The number of β-amino-alcohol motifs (C(OH)–C–C–N with tert-alkyl or cyclic N) is 1. The maximum absolute atomic E-state index is 11.9. The van der Waals surface area contributed by atoms with Gasteiger partial charge < -0.3 is 15.3 Å². The molecule has 0 spiro atoms. The molecule has 2 heterocycles. The van der Waals surface area contributed by atoms with Gasteiger partial charge in [-0.1, -0.05) is 11.6 Å². The van der Waals surface area contributed by atoms with Gasteiger partial charge in [-0.05, 0) is 39.3 Å². The summed E-state index contributed by atoms with van der Waals surface area (Å²) in [5.41, 5.74) is 0.941. The molecule has 0 aromatic carbocycles. The van der Waals surface area contributed by atoms with Crippen molar-refractivity contribution in [2.24, 2.45) is 0 Å². The number of hydrogen-bond donors (Lipinski definition) is 3. The van der Waals surface area contributed by atoms with Crippen LogP contribution in [-0.2, 0) is 0 Å². The molecule has 3 N–H and O–H groups in total. The standard InChI is InChI=1S/C13H21ClN4O2/c1-9-11(14)12(17-16-9)13(20)15-5-3-7-18-6-2-4-10(19)8-18/h10,19H,2-8H2,1H3,(H,15,20)(H,16,17). The van der Waals surface area contributed by atoms with Crippen LogP contribution in [0.4, 0.5) is 0 Å². The van der Waals surface area contributed by atoms with Gasteiger partial charge in [0.2, 0.25) is 0 Å². The fourth-order valence-electron chi connectivity index (χ4n) is 2.39. The summed E-state index contributed by atoms with van der Waals surface area (Å²) in [5, 5.41) is 19.3. The molecule has 0 radical (unpaired) electrons. The number of aliphatic hydroxyl groups is 1. The Hall–Kier alpha value is -1.11. The second-order valence-corrected chi connectivity index (χ2v) is 5.60. The minimum atomic E-state index is -0.252. The zero-order chi connectivity index (χ0) is 14.5. The zero-order valence-corrected chi connectivity index (χ0v) is 12.4. The second kappa shape index (κ2) is 7.06. The number of rotatable bonds is 5. The molecule has 1 fully saturated rings. The fraction of sp³-hybridized carbons (Fsp3) is 0.692. The average Bonchev–Trinajstić information content (AvgIpc) is 2.75. The predicted molar refractivity (Wildman–Crippen MR) is 77.0 cm³/mol. The SMILES string of the molecule is Cc1[nH]nc(C(=O)NCCCN2CCCC(O)C2)c1Cl. The summed E-state index contributed by atoms with van der Waals surface area (Å²) < 4.78 is 0. The van der Waals surface area contributed by atoms with E-state index in [2.05, 4.69) is 20.4 Å². The van der Waals surface area contributed by atoms with Gasteiger partial charge in [-0.3, -0.25) is 9.89 Å². The van der Waals surface area contributed by atoms with Crippen molar-refractivity contribution in [3.63, 3.8) is 0 Å². The summed E-state index contributed by atoms with van der Waals surface area (Å²) in [4.78, 5) is 14.1. The number of aromatic amines is 1. The van der Waals surface area contributed by atoms with Crippen molar-refractivity contribution in [2.75, 3.05) is 26.2 Å². The molecule has 1 aromatic heterocycles. The van der Waals surface area contributed by atoms with Crippen LogP contribution in [0.3, 0.4) is 0 Å². The van der Waals surface area contributed by atoms with Crippen molar-refractivity contribution in [1.82, 2.24) is 20.4 Å². The van der Waals surface area contributed by atoms with E-state index in [1.807, 2.05) is 0 Å². The number of aliphatic hydroxyl groups excluding tert-OH is 1. The lowest BCUT2D eigenvalue weighted by atomic mass is 10.1. The van der Waals surface area contributed by atoms with Gasteiger partial charge in [0.25, 0.3) is 5.91 Å². The monoisotopic (exact) mass is 300 g/mol. The number of piperidine rings is 1. The number of H-pyrrole nitrogens is 1. The Morgan fingerprint density at radius 3 is 3.10 bits per heavy atom. The molecule has 2 rings (SSSR count). The Morgan fingerprint density at radius 1 is 1.65 bits per heavy atom. The van der Waals surface area contributed by atoms with E-state index >= 15 is 0 Å². The van der Waals surface area contributed by atoms with Crippen LogP contribution in [0.5, 0.6) is 0 Å². The number of carbonyl (C=O) groups excluding carboxylic acids is 1. The maximum atomic E-state index is 11.9. The maximum Gasteiger partial charge on any atom is 0.273 e. The lowest BCUT2D eigenvalue weighted by Gasteiger charge is -2.29. The topological polar surface area (TPSA) is 81.2 Å². The lowest BCUT2D eigenvalue weighted by molar-refractivity contribution is 0.0697. The van der Waals surface area contributed by atoms with E-state index in [9.17, 15) is 9.90 Å². The molecule has 0 aliphatic carbocycles.